The van der Waals surface area contributed by atoms with E-state index in [0.717, 1.165) is 43.8 Å². The molecule has 1 fully saturated rings. The number of Topliss-reactive ketones (excluding diaryl/α,β-unsaturated/α-hetero) is 1. The van der Waals surface area contributed by atoms with E-state index in [1.54, 1.807) is 31.4 Å². The molecule has 0 atom stereocenters. The number of fused-ring (bicyclic) bond motifs is 1. The van der Waals surface area contributed by atoms with Crippen LogP contribution in [0.25, 0.3) is 6.08 Å². The maximum atomic E-state index is 12.7. The molecule has 4 rings (SSSR count). The number of rotatable bonds is 8. The average Bonchev–Trinajstić information content (AvgIpc) is 3.14. The fourth-order valence-corrected chi connectivity index (χ4v) is 4.05. The van der Waals surface area contributed by atoms with E-state index in [0.29, 0.717) is 30.3 Å². The maximum Gasteiger partial charge on any atom is 0.309 e. The van der Waals surface area contributed by atoms with Crippen molar-refractivity contribution >= 4 is 17.8 Å². The van der Waals surface area contributed by atoms with Crippen molar-refractivity contribution in [3.8, 4) is 17.2 Å². The van der Waals surface area contributed by atoms with Gasteiger partial charge >= 0.3 is 5.97 Å². The van der Waals surface area contributed by atoms with Crippen molar-refractivity contribution in [3.05, 3.63) is 59.4 Å². The summed E-state index contributed by atoms with van der Waals surface area (Å²) in [7, 11) is 1.61. The van der Waals surface area contributed by atoms with Crippen LogP contribution in [-0.4, -0.2) is 56.6 Å². The molecule has 2 heterocycles. The van der Waals surface area contributed by atoms with Gasteiger partial charge in [0.1, 0.15) is 23.9 Å². The Labute approximate surface area is 193 Å². The highest BCUT2D eigenvalue weighted by Crippen LogP contribution is 2.35. The summed E-state index contributed by atoms with van der Waals surface area (Å²) in [5, 5.41) is 0. The van der Waals surface area contributed by atoms with E-state index in [1.165, 1.54) is 0 Å². The van der Waals surface area contributed by atoms with Crippen LogP contribution in [0, 0.1) is 5.92 Å². The topological polar surface area (TPSA) is 74.3 Å². The van der Waals surface area contributed by atoms with Crippen LogP contribution >= 0.6 is 0 Å². The Kier molecular flexibility index (Phi) is 7.29. The summed E-state index contributed by atoms with van der Waals surface area (Å²) in [6.07, 6.45) is 3.36. The number of benzene rings is 2. The minimum atomic E-state index is -0.142. The molecule has 0 spiro atoms. The third kappa shape index (κ3) is 5.54. The van der Waals surface area contributed by atoms with Gasteiger partial charge in [0.05, 0.1) is 25.2 Å². The monoisotopic (exact) mass is 451 g/mol. The van der Waals surface area contributed by atoms with Gasteiger partial charge in [-0.3, -0.25) is 14.5 Å². The Morgan fingerprint density at radius 2 is 1.85 bits per heavy atom. The van der Waals surface area contributed by atoms with Gasteiger partial charge < -0.3 is 18.9 Å². The Balaban J connectivity index is 1.28. The highest BCUT2D eigenvalue weighted by atomic mass is 16.5. The van der Waals surface area contributed by atoms with Crippen molar-refractivity contribution in [2.24, 2.45) is 5.92 Å². The summed E-state index contributed by atoms with van der Waals surface area (Å²) in [6, 6.07) is 12.7. The minimum Gasteiger partial charge on any atom is -0.497 e. The van der Waals surface area contributed by atoms with Crippen LogP contribution < -0.4 is 14.2 Å². The molecule has 7 heteroatoms. The normalized spacial score (nSPS) is 17.5. The van der Waals surface area contributed by atoms with Gasteiger partial charge in [0.25, 0.3) is 0 Å². The standard InChI is InChI=1S/C26H29NO6/c1-3-31-26(29)19-10-12-27(13-11-19)14-15-32-21-8-9-22-23(17-21)33-24(25(22)28)16-18-4-6-20(30-2)7-5-18/h4-9,16-17,19H,3,10-15H2,1-2H3/b24-16-. The first kappa shape index (κ1) is 22.9. The number of esters is 1. The number of allylic oxidation sites excluding steroid dienone is 1. The number of carbonyl (C=O) groups excluding carboxylic acids is 2. The van der Waals surface area contributed by atoms with Crippen molar-refractivity contribution in [1.29, 1.82) is 0 Å². The number of hydrogen-bond donors (Lipinski definition) is 0. The lowest BCUT2D eigenvalue weighted by Gasteiger charge is -2.30. The molecule has 0 amide bonds. The lowest BCUT2D eigenvalue weighted by Crippen LogP contribution is -2.39. The second-order valence-corrected chi connectivity index (χ2v) is 8.09. The number of hydrogen-bond acceptors (Lipinski definition) is 7. The summed E-state index contributed by atoms with van der Waals surface area (Å²) in [5.74, 6) is 1.99. The zero-order chi connectivity index (χ0) is 23.2. The molecule has 2 aromatic rings. The molecule has 0 radical (unpaired) electrons. The molecule has 1 saturated heterocycles. The highest BCUT2D eigenvalue weighted by Gasteiger charge is 2.28. The van der Waals surface area contributed by atoms with Gasteiger partial charge in [-0.25, -0.2) is 0 Å². The first-order chi connectivity index (χ1) is 16.1. The molecule has 2 aliphatic rings. The Morgan fingerprint density at radius 1 is 1.12 bits per heavy atom. The van der Waals surface area contributed by atoms with Crippen molar-refractivity contribution in [1.82, 2.24) is 4.90 Å². The molecule has 0 aliphatic carbocycles. The van der Waals surface area contributed by atoms with Crippen LogP contribution in [0.1, 0.15) is 35.7 Å². The highest BCUT2D eigenvalue weighted by molar-refractivity contribution is 6.14. The lowest BCUT2D eigenvalue weighted by molar-refractivity contribution is -0.149. The summed E-state index contributed by atoms with van der Waals surface area (Å²) in [5.41, 5.74) is 1.39. The van der Waals surface area contributed by atoms with Gasteiger partial charge in [-0.2, -0.15) is 0 Å². The molecular weight excluding hydrogens is 422 g/mol. The third-order valence-electron chi connectivity index (χ3n) is 5.94. The van der Waals surface area contributed by atoms with E-state index in [4.69, 9.17) is 18.9 Å². The van der Waals surface area contributed by atoms with Crippen molar-refractivity contribution in [3.63, 3.8) is 0 Å². The molecule has 0 unspecified atom stereocenters. The Morgan fingerprint density at radius 3 is 2.55 bits per heavy atom. The zero-order valence-electron chi connectivity index (χ0n) is 19.0. The fourth-order valence-electron chi connectivity index (χ4n) is 4.05. The third-order valence-corrected chi connectivity index (χ3v) is 5.94. The number of carbonyl (C=O) groups is 2. The van der Waals surface area contributed by atoms with E-state index in [1.807, 2.05) is 31.2 Å². The number of ketones is 1. The Bertz CT molecular complexity index is 1020. The quantitative estimate of drug-likeness (QED) is 0.444. The average molecular weight is 452 g/mol. The first-order valence-corrected chi connectivity index (χ1v) is 11.3. The van der Waals surface area contributed by atoms with E-state index in [9.17, 15) is 9.59 Å². The van der Waals surface area contributed by atoms with E-state index in [-0.39, 0.29) is 23.4 Å². The van der Waals surface area contributed by atoms with E-state index in [2.05, 4.69) is 4.90 Å². The molecule has 174 valence electrons. The van der Waals surface area contributed by atoms with Crippen molar-refractivity contribution in [2.75, 3.05) is 40.0 Å². The van der Waals surface area contributed by atoms with Crippen LogP contribution in [-0.2, 0) is 9.53 Å². The summed E-state index contributed by atoms with van der Waals surface area (Å²) >= 11 is 0. The SMILES string of the molecule is CCOC(=O)C1CCN(CCOc2ccc3c(c2)O/C(=C\c2ccc(OC)cc2)C3=O)CC1. The van der Waals surface area contributed by atoms with Gasteiger partial charge in [-0.05, 0) is 68.8 Å². The summed E-state index contributed by atoms with van der Waals surface area (Å²) in [6.45, 7) is 5.27. The molecule has 0 saturated carbocycles. The number of piperidine rings is 1. The zero-order valence-corrected chi connectivity index (χ0v) is 19.0. The van der Waals surface area contributed by atoms with Crippen molar-refractivity contribution in [2.45, 2.75) is 19.8 Å². The number of nitrogens with zero attached hydrogens (tertiary/aromatic N) is 1. The molecule has 0 bridgehead atoms. The van der Waals surface area contributed by atoms with Crippen LogP contribution in [0.4, 0.5) is 0 Å². The lowest BCUT2D eigenvalue weighted by atomic mass is 9.97. The molecule has 0 N–H and O–H groups in total. The van der Waals surface area contributed by atoms with E-state index < -0.39 is 0 Å². The van der Waals surface area contributed by atoms with Gasteiger partial charge in [-0.15, -0.1) is 0 Å². The molecule has 7 nitrogen and oxygen atoms in total. The smallest absolute Gasteiger partial charge is 0.309 e. The Hall–Kier alpha value is -3.32. The second-order valence-electron chi connectivity index (χ2n) is 8.09. The van der Waals surface area contributed by atoms with Crippen LogP contribution in [0.3, 0.4) is 0 Å². The minimum absolute atomic E-state index is 0.00804. The molecule has 33 heavy (non-hydrogen) atoms. The molecule has 0 aromatic heterocycles. The van der Waals surface area contributed by atoms with Gasteiger partial charge in [0.2, 0.25) is 5.78 Å². The largest absolute Gasteiger partial charge is 0.497 e. The summed E-state index contributed by atoms with van der Waals surface area (Å²) < 4.78 is 22.0. The van der Waals surface area contributed by atoms with Gasteiger partial charge in [0.15, 0.2) is 5.76 Å². The number of methoxy groups -OCH3 is 1. The maximum absolute atomic E-state index is 12.7. The van der Waals surface area contributed by atoms with Gasteiger partial charge in [-0.1, -0.05) is 12.1 Å². The predicted molar refractivity (Wildman–Crippen MR) is 124 cm³/mol. The number of ether oxygens (including phenoxy) is 4. The van der Waals surface area contributed by atoms with Crippen LogP contribution in [0.15, 0.2) is 48.2 Å². The molecule has 2 aliphatic heterocycles. The van der Waals surface area contributed by atoms with E-state index >= 15 is 0 Å². The number of likely N-dealkylation sites (tertiary alicyclic amines) is 1. The fraction of sp³-hybridized carbons (Fsp3) is 0.385. The van der Waals surface area contributed by atoms with Crippen LogP contribution in [0.2, 0.25) is 0 Å². The van der Waals surface area contributed by atoms with Crippen molar-refractivity contribution < 1.29 is 28.5 Å². The summed E-state index contributed by atoms with van der Waals surface area (Å²) in [4.78, 5) is 26.8. The predicted octanol–water partition coefficient (Wildman–Crippen LogP) is 3.97. The van der Waals surface area contributed by atoms with Gasteiger partial charge in [0, 0.05) is 12.6 Å². The molecular formula is C26H29NO6. The first-order valence-electron chi connectivity index (χ1n) is 11.3. The molecule has 2 aromatic carbocycles. The second kappa shape index (κ2) is 10.5. The van der Waals surface area contributed by atoms with Crippen LogP contribution in [0.5, 0.6) is 17.2 Å².